The molecule has 8 heteroatoms. The van der Waals surface area contributed by atoms with Gasteiger partial charge in [0, 0.05) is 22.5 Å². The van der Waals surface area contributed by atoms with Crippen molar-refractivity contribution in [2.24, 2.45) is 5.92 Å². The Balaban J connectivity index is 1.68. The van der Waals surface area contributed by atoms with Crippen molar-refractivity contribution < 1.29 is 14.3 Å². The van der Waals surface area contributed by atoms with E-state index in [-0.39, 0.29) is 11.8 Å². The molecule has 0 spiro atoms. The molecule has 0 aliphatic carbocycles. The van der Waals surface area contributed by atoms with Crippen LogP contribution in [0.5, 0.6) is 0 Å². The number of esters is 1. The van der Waals surface area contributed by atoms with Gasteiger partial charge in [-0.3, -0.25) is 4.79 Å². The fraction of sp³-hybridized carbons (Fsp3) is 0.346. The zero-order valence-corrected chi connectivity index (χ0v) is 20.5. The van der Waals surface area contributed by atoms with Gasteiger partial charge in [0.25, 0.3) is 5.91 Å². The van der Waals surface area contributed by atoms with Gasteiger partial charge in [-0.15, -0.1) is 11.3 Å². The maximum atomic E-state index is 12.4. The third-order valence-corrected chi connectivity index (χ3v) is 6.64. The summed E-state index contributed by atoms with van der Waals surface area (Å²) in [4.78, 5) is 24.9. The summed E-state index contributed by atoms with van der Waals surface area (Å²) in [6.07, 6.45) is 8.68. The fourth-order valence-electron chi connectivity index (χ4n) is 3.61. The molecule has 0 radical (unpaired) electrons. The lowest BCUT2D eigenvalue weighted by atomic mass is 10.0. The van der Waals surface area contributed by atoms with Crippen molar-refractivity contribution in [2.75, 3.05) is 17.7 Å². The Morgan fingerprint density at radius 1 is 1.38 bits per heavy atom. The van der Waals surface area contributed by atoms with Crippen molar-refractivity contribution >= 4 is 39.6 Å². The summed E-state index contributed by atoms with van der Waals surface area (Å²) < 4.78 is 4.87. The SMILES string of the molecule is CC/C=C(C)\C=C/C(C)Cc1sc(Nc2ccc(C(=O)NC3CCOC3=O)cc2)c(C#N)c1N. The van der Waals surface area contributed by atoms with Crippen LogP contribution in [0.3, 0.4) is 0 Å². The number of carbonyl (C=O) groups excluding carboxylic acids is 2. The van der Waals surface area contributed by atoms with Crippen LogP contribution in [0.4, 0.5) is 16.4 Å². The Hall–Kier alpha value is -3.57. The number of ether oxygens (including phenoxy) is 1. The summed E-state index contributed by atoms with van der Waals surface area (Å²) in [6.45, 7) is 6.65. The first-order valence-corrected chi connectivity index (χ1v) is 12.1. The summed E-state index contributed by atoms with van der Waals surface area (Å²) >= 11 is 1.47. The molecule has 1 fully saturated rings. The van der Waals surface area contributed by atoms with E-state index in [1.54, 1.807) is 24.3 Å². The fourth-order valence-corrected chi connectivity index (χ4v) is 4.84. The van der Waals surface area contributed by atoms with Gasteiger partial charge in [-0.25, -0.2) is 4.79 Å². The zero-order valence-electron chi connectivity index (χ0n) is 19.7. The second kappa shape index (κ2) is 11.5. The van der Waals surface area contributed by atoms with Gasteiger partial charge in [-0.1, -0.05) is 37.6 Å². The predicted molar refractivity (Wildman–Crippen MR) is 136 cm³/mol. The Morgan fingerprint density at radius 2 is 2.12 bits per heavy atom. The van der Waals surface area contributed by atoms with E-state index in [0.717, 1.165) is 23.4 Å². The van der Waals surface area contributed by atoms with Crippen LogP contribution in [0.15, 0.2) is 48.1 Å². The molecular formula is C26H30N4O3S. The number of hydrogen-bond acceptors (Lipinski definition) is 7. The lowest BCUT2D eigenvalue weighted by Gasteiger charge is -2.10. The maximum Gasteiger partial charge on any atom is 0.328 e. The largest absolute Gasteiger partial charge is 0.464 e. The number of amides is 1. The maximum absolute atomic E-state index is 12.4. The molecule has 1 aliphatic rings. The minimum atomic E-state index is -0.597. The number of nitrogen functional groups attached to an aromatic ring is 1. The summed E-state index contributed by atoms with van der Waals surface area (Å²) in [5.74, 6) is -0.462. The molecule has 1 aromatic heterocycles. The second-order valence-electron chi connectivity index (χ2n) is 8.34. The molecule has 34 heavy (non-hydrogen) atoms. The Morgan fingerprint density at radius 3 is 2.74 bits per heavy atom. The van der Waals surface area contributed by atoms with Gasteiger partial charge in [-0.05, 0) is 49.9 Å². The summed E-state index contributed by atoms with van der Waals surface area (Å²) in [5, 5.41) is 16.3. The Bertz CT molecular complexity index is 1140. The quantitative estimate of drug-likeness (QED) is 0.342. The van der Waals surface area contributed by atoms with Gasteiger partial charge in [-0.2, -0.15) is 5.26 Å². The Labute approximate surface area is 204 Å². The minimum Gasteiger partial charge on any atom is -0.464 e. The van der Waals surface area contributed by atoms with E-state index in [1.165, 1.54) is 16.9 Å². The van der Waals surface area contributed by atoms with E-state index in [9.17, 15) is 14.9 Å². The molecule has 1 aromatic carbocycles. The highest BCUT2D eigenvalue weighted by Crippen LogP contribution is 2.38. The van der Waals surface area contributed by atoms with Crippen molar-refractivity contribution in [3.8, 4) is 6.07 Å². The van der Waals surface area contributed by atoms with E-state index in [2.05, 4.69) is 55.7 Å². The number of carbonyl (C=O) groups is 2. The van der Waals surface area contributed by atoms with E-state index in [4.69, 9.17) is 10.5 Å². The molecule has 7 nitrogen and oxygen atoms in total. The van der Waals surface area contributed by atoms with Crippen LogP contribution in [-0.4, -0.2) is 24.5 Å². The van der Waals surface area contributed by atoms with Crippen LogP contribution < -0.4 is 16.4 Å². The van der Waals surface area contributed by atoms with Crippen molar-refractivity contribution in [3.05, 3.63) is 64.1 Å². The molecule has 1 saturated heterocycles. The van der Waals surface area contributed by atoms with Crippen LogP contribution in [-0.2, 0) is 16.0 Å². The number of thiophene rings is 1. The third-order valence-electron chi connectivity index (χ3n) is 5.50. The number of cyclic esters (lactones) is 1. The minimum absolute atomic E-state index is 0.274. The number of benzene rings is 1. The van der Waals surface area contributed by atoms with Crippen molar-refractivity contribution in [3.63, 3.8) is 0 Å². The normalized spacial score (nSPS) is 16.8. The summed E-state index contributed by atoms with van der Waals surface area (Å²) in [7, 11) is 0. The third kappa shape index (κ3) is 6.27. The average molecular weight is 479 g/mol. The highest BCUT2D eigenvalue weighted by molar-refractivity contribution is 7.17. The molecule has 2 unspecified atom stereocenters. The topological polar surface area (TPSA) is 117 Å². The number of nitriles is 1. The number of allylic oxidation sites excluding steroid dienone is 4. The molecule has 178 valence electrons. The first kappa shape index (κ1) is 25.1. The monoisotopic (exact) mass is 478 g/mol. The number of rotatable bonds is 9. The zero-order chi connectivity index (χ0) is 24.7. The average Bonchev–Trinajstić information content (AvgIpc) is 3.34. The molecule has 3 rings (SSSR count). The molecule has 0 saturated carbocycles. The molecule has 4 N–H and O–H groups in total. The second-order valence-corrected chi connectivity index (χ2v) is 9.44. The first-order valence-electron chi connectivity index (χ1n) is 11.3. The lowest BCUT2D eigenvalue weighted by molar-refractivity contribution is -0.139. The summed E-state index contributed by atoms with van der Waals surface area (Å²) in [6, 6.07) is 8.46. The molecule has 1 amide bonds. The molecule has 2 aromatic rings. The van der Waals surface area contributed by atoms with Crippen LogP contribution in [0.1, 0.15) is 54.4 Å². The van der Waals surface area contributed by atoms with E-state index in [0.29, 0.717) is 34.8 Å². The highest BCUT2D eigenvalue weighted by Gasteiger charge is 2.28. The Kier molecular flexibility index (Phi) is 8.50. The van der Waals surface area contributed by atoms with Crippen LogP contribution >= 0.6 is 11.3 Å². The van der Waals surface area contributed by atoms with Gasteiger partial charge >= 0.3 is 5.97 Å². The van der Waals surface area contributed by atoms with E-state index >= 15 is 0 Å². The molecule has 2 atom stereocenters. The number of anilines is 3. The number of hydrogen-bond donors (Lipinski definition) is 3. The van der Waals surface area contributed by atoms with Crippen LogP contribution in [0, 0.1) is 17.2 Å². The van der Waals surface area contributed by atoms with Crippen molar-refractivity contribution in [1.29, 1.82) is 5.26 Å². The standard InChI is InChI=1S/C26H30N4O3S/c1-4-5-16(2)6-7-17(3)14-22-23(28)20(15-27)25(34-22)29-19-10-8-18(9-11-19)24(31)30-21-12-13-33-26(21)32/h5-11,17,21,29H,4,12-14,28H2,1-3H3,(H,30,31)/b7-6-,16-5-. The first-order chi connectivity index (χ1) is 16.3. The number of nitrogens with one attached hydrogen (secondary N) is 2. The lowest BCUT2D eigenvalue weighted by Crippen LogP contribution is -2.37. The van der Waals surface area contributed by atoms with Gasteiger partial charge in [0.05, 0.1) is 12.3 Å². The van der Waals surface area contributed by atoms with Crippen molar-refractivity contribution in [2.45, 2.75) is 46.1 Å². The van der Waals surface area contributed by atoms with Gasteiger partial charge < -0.3 is 21.1 Å². The molecule has 1 aliphatic heterocycles. The molecule has 0 bridgehead atoms. The number of nitrogens with two attached hydrogens (primary N) is 1. The highest BCUT2D eigenvalue weighted by atomic mass is 32.1. The van der Waals surface area contributed by atoms with E-state index < -0.39 is 12.0 Å². The van der Waals surface area contributed by atoms with E-state index in [1.807, 2.05) is 0 Å². The van der Waals surface area contributed by atoms with Gasteiger partial charge in [0.2, 0.25) is 0 Å². The van der Waals surface area contributed by atoms with Crippen LogP contribution in [0.2, 0.25) is 0 Å². The van der Waals surface area contributed by atoms with Crippen LogP contribution in [0.25, 0.3) is 0 Å². The van der Waals surface area contributed by atoms with Crippen molar-refractivity contribution in [1.82, 2.24) is 5.32 Å². The summed E-state index contributed by atoms with van der Waals surface area (Å²) in [5.41, 5.74) is 9.63. The predicted octanol–water partition coefficient (Wildman–Crippen LogP) is 5.08. The van der Waals surface area contributed by atoms with Gasteiger partial charge in [0.1, 0.15) is 22.7 Å². The molecular weight excluding hydrogens is 448 g/mol. The smallest absolute Gasteiger partial charge is 0.328 e. The molecule has 2 heterocycles. The number of nitrogens with zero attached hydrogens (tertiary/aromatic N) is 1. The van der Waals surface area contributed by atoms with Gasteiger partial charge in [0.15, 0.2) is 0 Å².